The first-order valence-corrected chi connectivity index (χ1v) is 8.21. The zero-order valence-corrected chi connectivity index (χ0v) is 14.0. The second-order valence-corrected chi connectivity index (χ2v) is 6.28. The Labute approximate surface area is 141 Å². The summed E-state index contributed by atoms with van der Waals surface area (Å²) in [7, 11) is 1.43. The summed E-state index contributed by atoms with van der Waals surface area (Å²) in [5, 5.41) is 0. The zero-order chi connectivity index (χ0) is 17.1. The third-order valence-corrected chi connectivity index (χ3v) is 4.55. The van der Waals surface area contributed by atoms with Crippen molar-refractivity contribution >= 4 is 5.91 Å². The molecular weight excluding hydrogens is 304 g/mol. The fourth-order valence-electron chi connectivity index (χ4n) is 3.27. The SMILES string of the molecule is COc1c[nH]c(C(=O)N2CCC[C@H](c3cccc(C)c3)C2)cc1=O. The lowest BCUT2D eigenvalue weighted by molar-refractivity contribution is 0.0701. The third kappa shape index (κ3) is 3.35. The van der Waals surface area contributed by atoms with Crippen LogP contribution in [0.1, 0.15) is 40.4 Å². The molecule has 0 spiro atoms. The highest BCUT2D eigenvalue weighted by Crippen LogP contribution is 2.28. The molecule has 0 saturated carbocycles. The largest absolute Gasteiger partial charge is 0.491 e. The van der Waals surface area contributed by atoms with Gasteiger partial charge in [-0.25, -0.2) is 0 Å². The van der Waals surface area contributed by atoms with E-state index < -0.39 is 0 Å². The lowest BCUT2D eigenvalue weighted by Gasteiger charge is -2.33. The summed E-state index contributed by atoms with van der Waals surface area (Å²) in [6, 6.07) is 9.77. The molecule has 5 heteroatoms. The van der Waals surface area contributed by atoms with E-state index >= 15 is 0 Å². The number of benzene rings is 1. The van der Waals surface area contributed by atoms with Gasteiger partial charge in [0.05, 0.1) is 7.11 Å². The molecule has 2 heterocycles. The molecule has 2 aromatic rings. The number of nitrogens with one attached hydrogen (secondary N) is 1. The predicted octanol–water partition coefficient (Wildman–Crippen LogP) is 2.71. The van der Waals surface area contributed by atoms with Crippen LogP contribution in [0.5, 0.6) is 5.75 Å². The molecule has 126 valence electrons. The summed E-state index contributed by atoms with van der Waals surface area (Å²) in [4.78, 5) is 29.3. The predicted molar refractivity (Wildman–Crippen MR) is 92.7 cm³/mol. The van der Waals surface area contributed by atoms with E-state index in [1.54, 1.807) is 0 Å². The number of aryl methyl sites for hydroxylation is 1. The minimum absolute atomic E-state index is 0.132. The van der Waals surface area contributed by atoms with Gasteiger partial charge in [-0.2, -0.15) is 0 Å². The molecule has 1 N–H and O–H groups in total. The van der Waals surface area contributed by atoms with E-state index in [0.29, 0.717) is 18.2 Å². The highest BCUT2D eigenvalue weighted by Gasteiger charge is 2.26. The van der Waals surface area contributed by atoms with E-state index in [-0.39, 0.29) is 17.1 Å². The molecular formula is C19H22N2O3. The molecule has 1 aliphatic heterocycles. The van der Waals surface area contributed by atoms with Crippen molar-refractivity contribution in [3.63, 3.8) is 0 Å². The summed E-state index contributed by atoms with van der Waals surface area (Å²) in [5.41, 5.74) is 2.53. The molecule has 0 unspecified atom stereocenters. The van der Waals surface area contributed by atoms with E-state index in [2.05, 4.69) is 36.2 Å². The summed E-state index contributed by atoms with van der Waals surface area (Å²) < 4.78 is 4.94. The van der Waals surface area contributed by atoms with Crippen molar-refractivity contribution in [3.05, 3.63) is 63.6 Å². The fourth-order valence-corrected chi connectivity index (χ4v) is 3.27. The van der Waals surface area contributed by atoms with Crippen LogP contribution in [0, 0.1) is 6.92 Å². The highest BCUT2D eigenvalue weighted by molar-refractivity contribution is 5.92. The van der Waals surface area contributed by atoms with Gasteiger partial charge in [0.15, 0.2) is 5.75 Å². The average molecular weight is 326 g/mol. The Morgan fingerprint density at radius 3 is 2.88 bits per heavy atom. The number of pyridine rings is 1. The summed E-state index contributed by atoms with van der Waals surface area (Å²) >= 11 is 0. The summed E-state index contributed by atoms with van der Waals surface area (Å²) in [6.45, 7) is 3.48. The second-order valence-electron chi connectivity index (χ2n) is 6.28. The number of rotatable bonds is 3. The van der Waals surface area contributed by atoms with Gasteiger partial charge in [0.1, 0.15) is 5.69 Å². The van der Waals surface area contributed by atoms with Crippen molar-refractivity contribution in [1.29, 1.82) is 0 Å². The van der Waals surface area contributed by atoms with Crippen molar-refractivity contribution < 1.29 is 9.53 Å². The first-order valence-electron chi connectivity index (χ1n) is 8.21. The van der Waals surface area contributed by atoms with Gasteiger partial charge in [-0.05, 0) is 25.3 Å². The van der Waals surface area contributed by atoms with E-state index in [4.69, 9.17) is 4.74 Å². The summed E-state index contributed by atoms with van der Waals surface area (Å²) in [5.74, 6) is 0.419. The number of piperidine rings is 1. The fraction of sp³-hybridized carbons (Fsp3) is 0.368. The number of aromatic amines is 1. The summed E-state index contributed by atoms with van der Waals surface area (Å²) in [6.07, 6.45) is 3.48. The number of carbonyl (C=O) groups is 1. The monoisotopic (exact) mass is 326 g/mol. The molecule has 1 aliphatic rings. The van der Waals surface area contributed by atoms with Crippen LogP contribution < -0.4 is 10.2 Å². The molecule has 0 radical (unpaired) electrons. The van der Waals surface area contributed by atoms with Gasteiger partial charge in [0.25, 0.3) is 5.91 Å². The number of amides is 1. The molecule has 1 aromatic carbocycles. The Morgan fingerprint density at radius 1 is 1.33 bits per heavy atom. The minimum Gasteiger partial charge on any atom is -0.491 e. The van der Waals surface area contributed by atoms with Crippen LogP contribution >= 0.6 is 0 Å². The van der Waals surface area contributed by atoms with Crippen molar-refractivity contribution in [3.8, 4) is 5.75 Å². The molecule has 1 aromatic heterocycles. The van der Waals surface area contributed by atoms with Crippen molar-refractivity contribution in [2.45, 2.75) is 25.7 Å². The first-order chi connectivity index (χ1) is 11.6. The Balaban J connectivity index is 1.78. The van der Waals surface area contributed by atoms with Crippen molar-refractivity contribution in [2.24, 2.45) is 0 Å². The number of likely N-dealkylation sites (tertiary alicyclic amines) is 1. The zero-order valence-electron chi connectivity index (χ0n) is 14.0. The maximum Gasteiger partial charge on any atom is 0.270 e. The number of ether oxygens (including phenoxy) is 1. The lowest BCUT2D eigenvalue weighted by atomic mass is 9.89. The van der Waals surface area contributed by atoms with Crippen LogP contribution in [0.2, 0.25) is 0 Å². The Morgan fingerprint density at radius 2 is 2.17 bits per heavy atom. The van der Waals surface area contributed by atoms with E-state index in [9.17, 15) is 9.59 Å². The highest BCUT2D eigenvalue weighted by atomic mass is 16.5. The molecule has 5 nitrogen and oxygen atoms in total. The standard InChI is InChI=1S/C19H22N2O3/c1-13-5-3-6-14(9-13)15-7-4-8-21(12-15)19(23)16-10-17(22)18(24-2)11-20-16/h3,5-6,9-11,15H,4,7-8,12H2,1-2H3,(H,20,22)/t15-/m0/s1. The smallest absolute Gasteiger partial charge is 0.270 e. The van der Waals surface area contributed by atoms with Crippen LogP contribution in [0.25, 0.3) is 0 Å². The number of carbonyl (C=O) groups excluding carboxylic acids is 1. The molecule has 1 fully saturated rings. The van der Waals surface area contributed by atoms with Crippen LogP contribution in [-0.2, 0) is 0 Å². The van der Waals surface area contributed by atoms with Gasteiger partial charge >= 0.3 is 0 Å². The van der Waals surface area contributed by atoms with Gasteiger partial charge in [0.2, 0.25) is 5.43 Å². The van der Waals surface area contributed by atoms with Gasteiger partial charge in [0, 0.05) is 31.3 Å². The molecule has 0 aliphatic carbocycles. The van der Waals surface area contributed by atoms with Crippen LogP contribution in [0.4, 0.5) is 0 Å². The Hall–Kier alpha value is -2.56. The quantitative estimate of drug-likeness (QED) is 0.943. The number of hydrogen-bond donors (Lipinski definition) is 1. The Kier molecular flexibility index (Phi) is 4.69. The van der Waals surface area contributed by atoms with Gasteiger partial charge in [-0.1, -0.05) is 29.8 Å². The van der Waals surface area contributed by atoms with E-state index in [1.807, 2.05) is 4.90 Å². The normalized spacial score (nSPS) is 17.6. The van der Waals surface area contributed by atoms with Gasteiger partial charge in [-0.15, -0.1) is 0 Å². The number of aromatic nitrogens is 1. The van der Waals surface area contributed by atoms with Crippen LogP contribution in [-0.4, -0.2) is 36.0 Å². The lowest BCUT2D eigenvalue weighted by Crippen LogP contribution is -2.39. The van der Waals surface area contributed by atoms with Crippen molar-refractivity contribution in [1.82, 2.24) is 9.88 Å². The van der Waals surface area contributed by atoms with Crippen LogP contribution in [0.3, 0.4) is 0 Å². The molecule has 1 atom stereocenters. The molecule has 1 saturated heterocycles. The minimum atomic E-state index is -0.285. The topological polar surface area (TPSA) is 62.4 Å². The first kappa shape index (κ1) is 16.3. The number of hydrogen-bond acceptors (Lipinski definition) is 3. The third-order valence-electron chi connectivity index (χ3n) is 4.55. The second kappa shape index (κ2) is 6.91. The van der Waals surface area contributed by atoms with Crippen molar-refractivity contribution in [2.75, 3.05) is 20.2 Å². The Bertz CT molecular complexity index is 797. The molecule has 24 heavy (non-hydrogen) atoms. The van der Waals surface area contributed by atoms with E-state index in [1.165, 1.54) is 30.5 Å². The number of H-pyrrole nitrogens is 1. The van der Waals surface area contributed by atoms with Crippen LogP contribution in [0.15, 0.2) is 41.3 Å². The maximum absolute atomic E-state index is 12.7. The average Bonchev–Trinajstić information content (AvgIpc) is 2.61. The maximum atomic E-state index is 12.7. The molecule has 3 rings (SSSR count). The number of nitrogens with zero attached hydrogens (tertiary/aromatic N) is 1. The molecule has 1 amide bonds. The van der Waals surface area contributed by atoms with E-state index in [0.717, 1.165) is 19.4 Å². The van der Waals surface area contributed by atoms with Gasteiger partial charge < -0.3 is 14.6 Å². The molecule has 0 bridgehead atoms. The number of methoxy groups -OCH3 is 1. The van der Waals surface area contributed by atoms with Gasteiger partial charge in [-0.3, -0.25) is 9.59 Å².